The van der Waals surface area contributed by atoms with Crippen LogP contribution in [0.4, 0.5) is 0 Å². The molecule has 1 fully saturated rings. The molecular weight excluding hydrogens is 264 g/mol. The van der Waals surface area contributed by atoms with Crippen molar-refractivity contribution in [1.29, 1.82) is 0 Å². The van der Waals surface area contributed by atoms with Gasteiger partial charge in [-0.3, -0.25) is 4.79 Å². The number of nitrogens with zero attached hydrogens (tertiary/aromatic N) is 2. The molecule has 1 aliphatic rings. The smallest absolute Gasteiger partial charge is 0.222 e. The number of carbonyl (C=O) groups excluding carboxylic acids is 1. The number of carbonyl (C=O) groups is 1. The molecule has 0 radical (unpaired) electrons. The molecule has 0 spiro atoms. The molecule has 1 amide bonds. The van der Waals surface area contributed by atoms with Crippen LogP contribution in [0.15, 0.2) is 22.2 Å². The highest BCUT2D eigenvalue weighted by atomic mass is 16.5. The Kier molecular flexibility index (Phi) is 4.86. The topological polar surface area (TPSA) is 46.3 Å². The van der Waals surface area contributed by atoms with Gasteiger partial charge in [-0.05, 0) is 45.4 Å². The number of piperidine rings is 1. The van der Waals surface area contributed by atoms with Crippen molar-refractivity contribution in [3.63, 3.8) is 0 Å². The fraction of sp³-hybridized carbons (Fsp3) is 0.647. The highest BCUT2D eigenvalue weighted by Crippen LogP contribution is 2.35. The molecule has 4 heteroatoms. The lowest BCUT2D eigenvalue weighted by Crippen LogP contribution is -2.44. The van der Waals surface area contributed by atoms with Crippen LogP contribution in [0.3, 0.4) is 0 Å². The van der Waals surface area contributed by atoms with Crippen molar-refractivity contribution in [2.24, 2.45) is 5.41 Å². The van der Waals surface area contributed by atoms with Gasteiger partial charge in [0.25, 0.3) is 0 Å². The summed E-state index contributed by atoms with van der Waals surface area (Å²) in [5.74, 6) is 1.02. The standard InChI is InChI=1S/C17H26N2O2/c1-13(2)6-5-8-17(4)9-7-16(20)19(12-17)11-15-10-14(3)21-18-15/h6,10H,5,7-9,11-12H2,1-4H3/t17-/m1/s1. The lowest BCUT2D eigenvalue weighted by Gasteiger charge is -2.40. The first-order chi connectivity index (χ1) is 9.88. The minimum atomic E-state index is 0.207. The zero-order valence-electron chi connectivity index (χ0n) is 13.6. The SMILES string of the molecule is CC(C)=CCC[C@]1(C)CCC(=O)N(Cc2cc(C)on2)C1. The second-order valence-electron chi connectivity index (χ2n) is 6.81. The Bertz CT molecular complexity index is 529. The highest BCUT2D eigenvalue weighted by Gasteiger charge is 2.34. The number of aryl methyl sites for hydroxylation is 1. The van der Waals surface area contributed by atoms with Gasteiger partial charge in [0.1, 0.15) is 11.5 Å². The summed E-state index contributed by atoms with van der Waals surface area (Å²) in [6, 6.07) is 1.91. The normalized spacial score (nSPS) is 22.5. The van der Waals surface area contributed by atoms with Crippen LogP contribution >= 0.6 is 0 Å². The van der Waals surface area contributed by atoms with E-state index < -0.39 is 0 Å². The van der Waals surface area contributed by atoms with Crippen molar-refractivity contribution in [3.8, 4) is 0 Å². The van der Waals surface area contributed by atoms with E-state index in [1.54, 1.807) is 0 Å². The fourth-order valence-electron chi connectivity index (χ4n) is 2.94. The van der Waals surface area contributed by atoms with E-state index in [2.05, 4.69) is 32.0 Å². The summed E-state index contributed by atoms with van der Waals surface area (Å²) in [5.41, 5.74) is 2.41. The summed E-state index contributed by atoms with van der Waals surface area (Å²) >= 11 is 0. The van der Waals surface area contributed by atoms with Crippen LogP contribution < -0.4 is 0 Å². The lowest BCUT2D eigenvalue weighted by atomic mass is 9.77. The number of amides is 1. The predicted molar refractivity (Wildman–Crippen MR) is 82.7 cm³/mol. The Morgan fingerprint density at radius 3 is 2.90 bits per heavy atom. The van der Waals surface area contributed by atoms with Crippen molar-refractivity contribution < 1.29 is 9.32 Å². The van der Waals surface area contributed by atoms with Gasteiger partial charge in [0.05, 0.1) is 6.54 Å². The number of allylic oxidation sites excluding steroid dienone is 2. The van der Waals surface area contributed by atoms with Crippen LogP contribution in [-0.2, 0) is 11.3 Å². The quantitative estimate of drug-likeness (QED) is 0.774. The molecule has 4 nitrogen and oxygen atoms in total. The predicted octanol–water partition coefficient (Wildman–Crippen LogP) is 3.86. The third-order valence-corrected chi connectivity index (χ3v) is 4.20. The van der Waals surface area contributed by atoms with Gasteiger partial charge < -0.3 is 9.42 Å². The molecule has 1 aromatic rings. The third-order valence-electron chi connectivity index (χ3n) is 4.20. The molecule has 2 heterocycles. The molecule has 1 aromatic heterocycles. The average Bonchev–Trinajstić information content (AvgIpc) is 2.79. The maximum Gasteiger partial charge on any atom is 0.222 e. The summed E-state index contributed by atoms with van der Waals surface area (Å²) in [5, 5.41) is 4.00. The van der Waals surface area contributed by atoms with Gasteiger partial charge in [0.15, 0.2) is 0 Å². The van der Waals surface area contributed by atoms with Crippen LogP contribution in [0.5, 0.6) is 0 Å². The van der Waals surface area contributed by atoms with Crippen LogP contribution in [0.1, 0.15) is 57.9 Å². The van der Waals surface area contributed by atoms with Gasteiger partial charge in [0.2, 0.25) is 5.91 Å². The van der Waals surface area contributed by atoms with E-state index in [1.807, 2.05) is 17.9 Å². The lowest BCUT2D eigenvalue weighted by molar-refractivity contribution is -0.138. The largest absolute Gasteiger partial charge is 0.361 e. The second kappa shape index (κ2) is 6.46. The van der Waals surface area contributed by atoms with E-state index in [0.29, 0.717) is 13.0 Å². The Morgan fingerprint density at radius 1 is 1.52 bits per heavy atom. The Labute approximate surface area is 127 Å². The van der Waals surface area contributed by atoms with Gasteiger partial charge in [0, 0.05) is 19.0 Å². The minimum Gasteiger partial charge on any atom is -0.361 e. The molecule has 21 heavy (non-hydrogen) atoms. The zero-order chi connectivity index (χ0) is 15.5. The van der Waals surface area contributed by atoms with E-state index in [0.717, 1.165) is 37.3 Å². The number of hydrogen-bond acceptors (Lipinski definition) is 3. The van der Waals surface area contributed by atoms with E-state index in [4.69, 9.17) is 4.52 Å². The summed E-state index contributed by atoms with van der Waals surface area (Å²) in [6.45, 7) is 9.80. The van der Waals surface area contributed by atoms with Gasteiger partial charge in [-0.15, -0.1) is 0 Å². The molecule has 1 saturated heterocycles. The third kappa shape index (κ3) is 4.45. The molecule has 1 aliphatic heterocycles. The zero-order valence-corrected chi connectivity index (χ0v) is 13.6. The van der Waals surface area contributed by atoms with Crippen molar-refractivity contribution >= 4 is 5.91 Å². The number of likely N-dealkylation sites (tertiary alicyclic amines) is 1. The van der Waals surface area contributed by atoms with E-state index >= 15 is 0 Å². The van der Waals surface area contributed by atoms with Crippen molar-refractivity contribution in [3.05, 3.63) is 29.2 Å². The fourth-order valence-corrected chi connectivity index (χ4v) is 2.94. The van der Waals surface area contributed by atoms with E-state index in [1.165, 1.54) is 5.57 Å². The van der Waals surface area contributed by atoms with Crippen molar-refractivity contribution in [2.45, 2.75) is 59.9 Å². The molecule has 116 valence electrons. The Balaban J connectivity index is 1.97. The summed E-state index contributed by atoms with van der Waals surface area (Å²) < 4.78 is 5.09. The van der Waals surface area contributed by atoms with Gasteiger partial charge in [-0.25, -0.2) is 0 Å². The van der Waals surface area contributed by atoms with Crippen molar-refractivity contribution in [2.75, 3.05) is 6.54 Å². The van der Waals surface area contributed by atoms with Crippen molar-refractivity contribution in [1.82, 2.24) is 10.1 Å². The van der Waals surface area contributed by atoms with E-state index in [9.17, 15) is 4.79 Å². The molecule has 0 aliphatic carbocycles. The first-order valence-electron chi connectivity index (χ1n) is 7.71. The molecule has 0 N–H and O–H groups in total. The van der Waals surface area contributed by atoms with Gasteiger partial charge >= 0.3 is 0 Å². The molecule has 0 saturated carbocycles. The molecule has 2 rings (SSSR count). The number of rotatable bonds is 5. The van der Waals surface area contributed by atoms with Crippen LogP contribution in [0.2, 0.25) is 0 Å². The number of aromatic nitrogens is 1. The molecule has 0 aromatic carbocycles. The Hall–Kier alpha value is -1.58. The van der Waals surface area contributed by atoms with Gasteiger partial charge in [-0.2, -0.15) is 0 Å². The maximum absolute atomic E-state index is 12.1. The monoisotopic (exact) mass is 290 g/mol. The van der Waals surface area contributed by atoms with Crippen LogP contribution in [-0.4, -0.2) is 22.5 Å². The Morgan fingerprint density at radius 2 is 2.29 bits per heavy atom. The van der Waals surface area contributed by atoms with Gasteiger partial charge in [-0.1, -0.05) is 23.7 Å². The van der Waals surface area contributed by atoms with Crippen LogP contribution in [0, 0.1) is 12.3 Å². The first kappa shape index (κ1) is 15.8. The van der Waals surface area contributed by atoms with Crippen LogP contribution in [0.25, 0.3) is 0 Å². The summed E-state index contributed by atoms with van der Waals surface area (Å²) in [4.78, 5) is 14.1. The maximum atomic E-state index is 12.1. The summed E-state index contributed by atoms with van der Waals surface area (Å²) in [7, 11) is 0. The minimum absolute atomic E-state index is 0.207. The second-order valence-corrected chi connectivity index (χ2v) is 6.81. The first-order valence-corrected chi connectivity index (χ1v) is 7.71. The summed E-state index contributed by atoms with van der Waals surface area (Å²) in [6.07, 6.45) is 6.12. The highest BCUT2D eigenvalue weighted by molar-refractivity contribution is 5.77. The molecular formula is C17H26N2O2. The average molecular weight is 290 g/mol. The van der Waals surface area contributed by atoms with E-state index in [-0.39, 0.29) is 11.3 Å². The number of hydrogen-bond donors (Lipinski definition) is 0. The molecule has 1 atom stereocenters. The molecule has 0 unspecified atom stereocenters. The molecule has 0 bridgehead atoms.